The van der Waals surface area contributed by atoms with Crippen LogP contribution in [0.25, 0.3) is 11.1 Å². The van der Waals surface area contributed by atoms with Crippen LogP contribution in [0.2, 0.25) is 0 Å². The maximum Gasteiger partial charge on any atom is 0.416 e. The Morgan fingerprint density at radius 2 is 1.83 bits per heavy atom. The number of unbranched alkanes of at least 4 members (excludes halogenated alkanes) is 1. The van der Waals surface area contributed by atoms with Crippen LogP contribution < -0.4 is 4.90 Å². The maximum atomic E-state index is 13.4. The van der Waals surface area contributed by atoms with Crippen molar-refractivity contribution in [1.29, 1.82) is 0 Å². The van der Waals surface area contributed by atoms with Gasteiger partial charge >= 0.3 is 6.09 Å². The van der Waals surface area contributed by atoms with Crippen molar-refractivity contribution in [3.05, 3.63) is 42.2 Å². The van der Waals surface area contributed by atoms with Gasteiger partial charge in [0.25, 0.3) is 5.91 Å². The van der Waals surface area contributed by atoms with E-state index in [1.54, 1.807) is 69.2 Å². The predicted octanol–water partition coefficient (Wildman–Crippen LogP) is 3.99. The molecule has 1 saturated heterocycles. The highest BCUT2D eigenvalue weighted by atomic mass is 16.6. The van der Waals surface area contributed by atoms with Gasteiger partial charge in [0, 0.05) is 50.7 Å². The summed E-state index contributed by atoms with van der Waals surface area (Å²) in [6.45, 7) is 8.48. The lowest BCUT2D eigenvalue weighted by molar-refractivity contribution is -0.138. The summed E-state index contributed by atoms with van der Waals surface area (Å²) in [5, 5.41) is 0. The topological polar surface area (TPSA) is 95.9 Å². The summed E-state index contributed by atoms with van der Waals surface area (Å²) in [6, 6.07) is 6.80. The summed E-state index contributed by atoms with van der Waals surface area (Å²) in [7, 11) is 3.34. The van der Waals surface area contributed by atoms with E-state index in [4.69, 9.17) is 4.74 Å². The van der Waals surface area contributed by atoms with Gasteiger partial charge in [-0.2, -0.15) is 0 Å². The molecule has 0 radical (unpaired) electrons. The number of hydrogen-bond donors (Lipinski definition) is 0. The number of aromatic nitrogens is 2. The number of amides is 3. The first-order chi connectivity index (χ1) is 16.5. The molecule has 0 aliphatic carbocycles. The summed E-state index contributed by atoms with van der Waals surface area (Å²) in [6.07, 6.45) is 5.18. The Bertz CT molecular complexity index is 1060. The van der Waals surface area contributed by atoms with E-state index >= 15 is 0 Å². The number of nitrogens with zero attached hydrogens (tertiary/aromatic N) is 5. The number of anilines is 1. The van der Waals surface area contributed by atoms with Crippen LogP contribution in [0.1, 0.15) is 57.3 Å². The van der Waals surface area contributed by atoms with E-state index in [1.165, 1.54) is 4.90 Å². The number of ether oxygens (including phenoxy) is 1. The van der Waals surface area contributed by atoms with E-state index in [1.807, 2.05) is 12.1 Å². The molecule has 9 nitrogen and oxygen atoms in total. The Labute approximate surface area is 207 Å². The van der Waals surface area contributed by atoms with Gasteiger partial charge in [-0.3, -0.25) is 9.59 Å². The average molecular weight is 482 g/mol. The second-order valence-electron chi connectivity index (χ2n) is 9.81. The number of likely N-dealkylation sites (N-methyl/N-ethyl adjacent to an activating group) is 1. The average Bonchev–Trinajstić information content (AvgIpc) is 2.83. The molecule has 1 atom stereocenters. The van der Waals surface area contributed by atoms with Crippen molar-refractivity contribution in [2.45, 2.75) is 58.6 Å². The van der Waals surface area contributed by atoms with Crippen LogP contribution >= 0.6 is 0 Å². The number of piperazine rings is 1. The maximum absolute atomic E-state index is 13.4. The minimum atomic E-state index is -0.623. The fourth-order valence-electron chi connectivity index (χ4n) is 3.88. The normalized spacial score (nSPS) is 16.3. The molecule has 2 aromatic rings. The van der Waals surface area contributed by atoms with E-state index in [0.29, 0.717) is 30.6 Å². The molecule has 2 heterocycles. The number of benzene rings is 1. The molecular formula is C26H35N5O4. The fourth-order valence-corrected chi connectivity index (χ4v) is 3.88. The number of carbonyl (C=O) groups excluding carboxylic acids is 3. The highest BCUT2D eigenvalue weighted by Crippen LogP contribution is 2.24. The Morgan fingerprint density at radius 3 is 2.46 bits per heavy atom. The van der Waals surface area contributed by atoms with Crippen molar-refractivity contribution in [3.63, 3.8) is 0 Å². The summed E-state index contributed by atoms with van der Waals surface area (Å²) in [5.74, 6) is 0.0499. The molecule has 35 heavy (non-hydrogen) atoms. The van der Waals surface area contributed by atoms with Gasteiger partial charge in [0.1, 0.15) is 11.6 Å². The zero-order valence-corrected chi connectivity index (χ0v) is 21.4. The highest BCUT2D eigenvalue weighted by Gasteiger charge is 2.35. The molecule has 188 valence electrons. The minimum absolute atomic E-state index is 0.00713. The number of rotatable bonds is 6. The molecule has 1 aliphatic heterocycles. The summed E-state index contributed by atoms with van der Waals surface area (Å²) in [5.41, 5.74) is 1.37. The molecule has 0 bridgehead atoms. The van der Waals surface area contributed by atoms with Crippen LogP contribution in [0, 0.1) is 0 Å². The first kappa shape index (κ1) is 26.1. The van der Waals surface area contributed by atoms with Gasteiger partial charge in [0.05, 0.1) is 0 Å². The quantitative estimate of drug-likeness (QED) is 0.619. The first-order valence-corrected chi connectivity index (χ1v) is 12.0. The first-order valence-electron chi connectivity index (χ1n) is 12.0. The van der Waals surface area contributed by atoms with Gasteiger partial charge in [0.15, 0.2) is 0 Å². The Morgan fingerprint density at radius 1 is 1.14 bits per heavy atom. The van der Waals surface area contributed by atoms with Crippen molar-refractivity contribution >= 4 is 23.9 Å². The fraction of sp³-hybridized carbons (Fsp3) is 0.500. The second-order valence-corrected chi connectivity index (χ2v) is 9.81. The van der Waals surface area contributed by atoms with E-state index in [-0.39, 0.29) is 17.8 Å². The third-order valence-corrected chi connectivity index (χ3v) is 5.85. The van der Waals surface area contributed by atoms with Crippen molar-refractivity contribution in [1.82, 2.24) is 19.8 Å². The summed E-state index contributed by atoms with van der Waals surface area (Å²) < 4.78 is 5.35. The van der Waals surface area contributed by atoms with Crippen LogP contribution in [-0.4, -0.2) is 76.5 Å². The number of carbonyl (C=O) groups is 3. The third kappa shape index (κ3) is 6.35. The molecule has 3 amide bonds. The minimum Gasteiger partial charge on any atom is -0.443 e. The van der Waals surface area contributed by atoms with Crippen LogP contribution in [-0.2, 0) is 9.53 Å². The van der Waals surface area contributed by atoms with Crippen LogP contribution in [0.4, 0.5) is 10.7 Å². The summed E-state index contributed by atoms with van der Waals surface area (Å²) >= 11 is 0. The molecule has 3 rings (SSSR count). The monoisotopic (exact) mass is 481 g/mol. The Balaban J connectivity index is 1.79. The van der Waals surface area contributed by atoms with Gasteiger partial charge in [-0.05, 0) is 44.9 Å². The SMILES string of the molecule is CCCCC1C(=O)N(C)CCN1C(=O)c1cccc(-c2cnc(N(C)C(=O)OC(C)(C)C)nc2)c1. The smallest absolute Gasteiger partial charge is 0.416 e. The molecule has 9 heteroatoms. The van der Waals surface area contributed by atoms with Crippen LogP contribution in [0.3, 0.4) is 0 Å². The molecule has 1 aliphatic rings. The van der Waals surface area contributed by atoms with Gasteiger partial charge in [-0.1, -0.05) is 31.9 Å². The van der Waals surface area contributed by atoms with Gasteiger partial charge in [0.2, 0.25) is 11.9 Å². The Hall–Kier alpha value is -3.49. The van der Waals surface area contributed by atoms with Crippen LogP contribution in [0.15, 0.2) is 36.7 Å². The zero-order valence-electron chi connectivity index (χ0n) is 21.4. The molecular weight excluding hydrogens is 446 g/mol. The zero-order chi connectivity index (χ0) is 25.8. The molecule has 1 fully saturated rings. The van der Waals surface area contributed by atoms with Gasteiger partial charge < -0.3 is 14.5 Å². The van der Waals surface area contributed by atoms with E-state index in [2.05, 4.69) is 16.9 Å². The molecule has 0 N–H and O–H groups in total. The van der Waals surface area contributed by atoms with E-state index in [9.17, 15) is 14.4 Å². The van der Waals surface area contributed by atoms with E-state index in [0.717, 1.165) is 18.4 Å². The second kappa shape index (κ2) is 10.8. The van der Waals surface area contributed by atoms with Crippen molar-refractivity contribution in [2.75, 3.05) is 32.1 Å². The third-order valence-electron chi connectivity index (χ3n) is 5.85. The molecule has 0 saturated carbocycles. The molecule has 1 aromatic carbocycles. The highest BCUT2D eigenvalue weighted by molar-refractivity contribution is 5.99. The van der Waals surface area contributed by atoms with E-state index < -0.39 is 17.7 Å². The lowest BCUT2D eigenvalue weighted by atomic mass is 10.0. The van der Waals surface area contributed by atoms with Crippen molar-refractivity contribution < 1.29 is 19.1 Å². The summed E-state index contributed by atoms with van der Waals surface area (Å²) in [4.78, 5) is 51.7. The van der Waals surface area contributed by atoms with Crippen molar-refractivity contribution in [2.24, 2.45) is 0 Å². The van der Waals surface area contributed by atoms with Gasteiger partial charge in [-0.15, -0.1) is 0 Å². The predicted molar refractivity (Wildman–Crippen MR) is 134 cm³/mol. The Kier molecular flexibility index (Phi) is 8.09. The molecule has 1 aromatic heterocycles. The van der Waals surface area contributed by atoms with Crippen molar-refractivity contribution in [3.8, 4) is 11.1 Å². The standard InChI is InChI=1S/C26H35N5O4/c1-7-8-12-21-23(33)29(5)13-14-31(21)22(32)19-11-9-10-18(15-19)20-16-27-24(28-17-20)30(6)25(34)35-26(2,3)4/h9-11,15-17,21H,7-8,12-14H2,1-6H3. The largest absolute Gasteiger partial charge is 0.443 e. The lowest BCUT2D eigenvalue weighted by Gasteiger charge is -2.39. The lowest BCUT2D eigenvalue weighted by Crippen LogP contribution is -2.57. The van der Waals surface area contributed by atoms with Crippen LogP contribution in [0.5, 0.6) is 0 Å². The van der Waals surface area contributed by atoms with Gasteiger partial charge in [-0.25, -0.2) is 19.7 Å². The number of hydrogen-bond acceptors (Lipinski definition) is 6. The molecule has 0 spiro atoms. The molecule has 1 unspecified atom stereocenters.